The second-order valence-electron chi connectivity index (χ2n) is 7.80. The van der Waals surface area contributed by atoms with Gasteiger partial charge in [-0.25, -0.2) is 4.39 Å². The van der Waals surface area contributed by atoms with Gasteiger partial charge in [-0.05, 0) is 61.1 Å². The van der Waals surface area contributed by atoms with Gasteiger partial charge >= 0.3 is 0 Å². The molecule has 10 heteroatoms. The number of nitrogens with zero attached hydrogens (tertiary/aromatic N) is 4. The van der Waals surface area contributed by atoms with Crippen molar-refractivity contribution in [2.45, 2.75) is 13.5 Å². The first-order valence-electron chi connectivity index (χ1n) is 10.5. The molecule has 0 bridgehead atoms. The summed E-state index contributed by atoms with van der Waals surface area (Å²) in [7, 11) is 1.59. The summed E-state index contributed by atoms with van der Waals surface area (Å²) >= 11 is 5.33. The zero-order chi connectivity index (χ0) is 23.5. The molecule has 0 spiro atoms. The maximum atomic E-state index is 13.8. The highest BCUT2D eigenvalue weighted by molar-refractivity contribution is 7.71. The van der Waals surface area contributed by atoms with Crippen LogP contribution in [0.5, 0.6) is 5.75 Å². The number of methoxy groups -OCH3 is 1. The lowest BCUT2D eigenvalue weighted by molar-refractivity contribution is -0.133. The number of aromatic amines is 1. The van der Waals surface area contributed by atoms with Crippen molar-refractivity contribution in [1.29, 1.82) is 0 Å². The average Bonchev–Trinajstić information content (AvgIpc) is 3.20. The Morgan fingerprint density at radius 3 is 2.39 bits per heavy atom. The topological polar surface area (TPSA) is 83.5 Å². The lowest BCUT2D eigenvalue weighted by Crippen LogP contribution is -2.51. The monoisotopic (exact) mass is 469 g/mol. The van der Waals surface area contributed by atoms with E-state index in [4.69, 9.17) is 17.0 Å². The summed E-state index contributed by atoms with van der Waals surface area (Å²) < 4.78 is 21.0. The van der Waals surface area contributed by atoms with Gasteiger partial charge < -0.3 is 14.5 Å². The summed E-state index contributed by atoms with van der Waals surface area (Å²) in [5.41, 5.74) is 1.61. The van der Waals surface area contributed by atoms with Gasteiger partial charge in [-0.3, -0.25) is 19.3 Å². The van der Waals surface area contributed by atoms with Gasteiger partial charge in [0.15, 0.2) is 10.6 Å². The van der Waals surface area contributed by atoms with Crippen LogP contribution < -0.4 is 4.74 Å². The second kappa shape index (κ2) is 9.53. The molecule has 0 unspecified atom stereocenters. The third kappa shape index (κ3) is 4.80. The Morgan fingerprint density at radius 2 is 1.76 bits per heavy atom. The second-order valence-corrected chi connectivity index (χ2v) is 8.19. The molecular weight excluding hydrogens is 445 g/mol. The largest absolute Gasteiger partial charge is 0.497 e. The van der Waals surface area contributed by atoms with E-state index >= 15 is 0 Å². The Morgan fingerprint density at radius 1 is 1.09 bits per heavy atom. The van der Waals surface area contributed by atoms with E-state index < -0.39 is 5.82 Å². The third-order valence-electron chi connectivity index (χ3n) is 5.74. The molecule has 2 heterocycles. The van der Waals surface area contributed by atoms with Gasteiger partial charge in [-0.2, -0.15) is 5.10 Å². The summed E-state index contributed by atoms with van der Waals surface area (Å²) in [5.74, 6) is 0.525. The maximum Gasteiger partial charge on any atom is 0.254 e. The number of carbonyl (C=O) groups excluding carboxylic acids is 2. The zero-order valence-electron chi connectivity index (χ0n) is 18.4. The number of aromatic nitrogens is 3. The van der Waals surface area contributed by atoms with Crippen LogP contribution in [0.3, 0.4) is 0 Å². The molecule has 1 aromatic heterocycles. The number of carbonyl (C=O) groups is 2. The number of nitrogens with one attached hydrogen (secondary N) is 1. The molecule has 33 heavy (non-hydrogen) atoms. The number of piperazine rings is 1. The van der Waals surface area contributed by atoms with E-state index in [0.717, 1.165) is 11.3 Å². The molecule has 1 saturated heterocycles. The van der Waals surface area contributed by atoms with Gasteiger partial charge in [0.05, 0.1) is 7.11 Å². The van der Waals surface area contributed by atoms with Crippen molar-refractivity contribution in [2.24, 2.45) is 0 Å². The lowest BCUT2D eigenvalue weighted by Gasteiger charge is -2.35. The molecule has 1 aliphatic heterocycles. The zero-order valence-corrected chi connectivity index (χ0v) is 19.2. The molecule has 0 radical (unpaired) electrons. The fourth-order valence-electron chi connectivity index (χ4n) is 3.73. The fraction of sp³-hybridized carbons (Fsp3) is 0.304. The quantitative estimate of drug-likeness (QED) is 0.581. The summed E-state index contributed by atoms with van der Waals surface area (Å²) in [6.07, 6.45) is 0. The highest BCUT2D eigenvalue weighted by Gasteiger charge is 2.26. The van der Waals surface area contributed by atoms with Crippen LogP contribution in [0, 0.1) is 17.5 Å². The molecule has 1 aliphatic rings. The predicted octanol–water partition coefficient (Wildman–Crippen LogP) is 3.05. The number of hydrogen-bond acceptors (Lipinski definition) is 5. The van der Waals surface area contributed by atoms with Crippen LogP contribution in [-0.2, 0) is 11.3 Å². The number of benzene rings is 2. The smallest absolute Gasteiger partial charge is 0.254 e. The van der Waals surface area contributed by atoms with Crippen molar-refractivity contribution in [3.8, 4) is 17.1 Å². The number of rotatable bonds is 5. The van der Waals surface area contributed by atoms with Crippen LogP contribution in [-0.4, -0.2) is 69.7 Å². The van der Waals surface area contributed by atoms with Crippen LogP contribution in [0.4, 0.5) is 4.39 Å². The van der Waals surface area contributed by atoms with Crippen LogP contribution >= 0.6 is 12.2 Å². The Bertz CT molecular complexity index is 1230. The Kier molecular flexibility index (Phi) is 6.55. The molecule has 4 rings (SSSR count). The Hall–Kier alpha value is -3.53. The number of aryl methyl sites for hydroxylation is 1. The fourth-order valence-corrected chi connectivity index (χ4v) is 3.92. The van der Waals surface area contributed by atoms with Crippen molar-refractivity contribution in [1.82, 2.24) is 24.6 Å². The van der Waals surface area contributed by atoms with Crippen molar-refractivity contribution < 1.29 is 18.7 Å². The first-order chi connectivity index (χ1) is 15.9. The van der Waals surface area contributed by atoms with Crippen LogP contribution in [0.1, 0.15) is 15.9 Å². The van der Waals surface area contributed by atoms with E-state index in [1.807, 2.05) is 24.3 Å². The molecule has 3 aromatic rings. The number of ether oxygens (including phenoxy) is 1. The number of hydrogen-bond donors (Lipinski definition) is 1. The summed E-state index contributed by atoms with van der Waals surface area (Å²) in [5, 5.41) is 7.02. The molecule has 2 aromatic carbocycles. The summed E-state index contributed by atoms with van der Waals surface area (Å²) in [4.78, 5) is 29.0. The highest BCUT2D eigenvalue weighted by Crippen LogP contribution is 2.21. The molecule has 0 saturated carbocycles. The van der Waals surface area contributed by atoms with Crippen molar-refractivity contribution in [2.75, 3.05) is 33.3 Å². The van der Waals surface area contributed by atoms with Gasteiger partial charge in [-0.1, -0.05) is 6.07 Å². The van der Waals surface area contributed by atoms with Crippen LogP contribution in [0.15, 0.2) is 42.5 Å². The van der Waals surface area contributed by atoms with Crippen LogP contribution in [0.25, 0.3) is 11.4 Å². The standard InChI is InChI=1S/C23H24FN5O3S/c1-15-3-4-17(13-19(15)24)22(31)28-11-9-27(10-12-28)20(30)14-29-21(25-26-23(29)33)16-5-7-18(32-2)8-6-16/h3-8,13H,9-12,14H2,1-2H3,(H,26,33). The molecule has 8 nitrogen and oxygen atoms in total. The van der Waals surface area contributed by atoms with E-state index in [1.54, 1.807) is 40.5 Å². The molecule has 1 fully saturated rings. The van der Waals surface area contributed by atoms with E-state index in [0.29, 0.717) is 47.9 Å². The Labute approximate surface area is 195 Å². The Balaban J connectivity index is 1.41. The molecule has 1 N–H and O–H groups in total. The van der Waals surface area contributed by atoms with Gasteiger partial charge in [0.1, 0.15) is 18.1 Å². The first kappa shape index (κ1) is 22.7. The van der Waals surface area contributed by atoms with Crippen LogP contribution in [0.2, 0.25) is 0 Å². The predicted molar refractivity (Wildman–Crippen MR) is 123 cm³/mol. The van der Waals surface area contributed by atoms with E-state index in [1.165, 1.54) is 6.07 Å². The number of amides is 2. The SMILES string of the molecule is COc1ccc(-c2n[nH]c(=S)n2CC(=O)N2CCN(C(=O)c3ccc(C)c(F)c3)CC2)cc1. The number of H-pyrrole nitrogens is 1. The van der Waals surface area contributed by atoms with E-state index in [2.05, 4.69) is 10.2 Å². The lowest BCUT2D eigenvalue weighted by atomic mass is 10.1. The van der Waals surface area contributed by atoms with Gasteiger partial charge in [-0.15, -0.1) is 0 Å². The first-order valence-corrected chi connectivity index (χ1v) is 10.9. The van der Waals surface area contributed by atoms with E-state index in [9.17, 15) is 14.0 Å². The van der Waals surface area contributed by atoms with Crippen molar-refractivity contribution >= 4 is 24.0 Å². The molecule has 0 aliphatic carbocycles. The summed E-state index contributed by atoms with van der Waals surface area (Å²) in [6.45, 7) is 3.22. The van der Waals surface area contributed by atoms with Gasteiger partial charge in [0.25, 0.3) is 5.91 Å². The highest BCUT2D eigenvalue weighted by atomic mass is 32.1. The maximum absolute atomic E-state index is 13.8. The van der Waals surface area contributed by atoms with E-state index in [-0.39, 0.29) is 18.4 Å². The average molecular weight is 470 g/mol. The number of halogens is 1. The molecule has 0 atom stereocenters. The molecule has 172 valence electrons. The molecule has 2 amide bonds. The van der Waals surface area contributed by atoms with Gasteiger partial charge in [0.2, 0.25) is 5.91 Å². The third-order valence-corrected chi connectivity index (χ3v) is 6.05. The molecular formula is C23H24FN5O3S. The summed E-state index contributed by atoms with van der Waals surface area (Å²) in [6, 6.07) is 11.8. The van der Waals surface area contributed by atoms with Gasteiger partial charge in [0, 0.05) is 37.3 Å². The normalized spacial score (nSPS) is 13.8. The minimum Gasteiger partial charge on any atom is -0.497 e. The minimum absolute atomic E-state index is 0.0355. The van der Waals surface area contributed by atoms with Crippen molar-refractivity contribution in [3.05, 3.63) is 64.2 Å². The van der Waals surface area contributed by atoms with Crippen molar-refractivity contribution in [3.63, 3.8) is 0 Å². The minimum atomic E-state index is -0.404.